The van der Waals surface area contributed by atoms with Gasteiger partial charge in [-0.1, -0.05) is 26.7 Å². The van der Waals surface area contributed by atoms with Gasteiger partial charge in [-0.15, -0.1) is 0 Å². The summed E-state index contributed by atoms with van der Waals surface area (Å²) in [5.74, 6) is 2.49. The highest BCUT2D eigenvalue weighted by Crippen LogP contribution is 2.08. The number of nitrogens with zero attached hydrogens (tertiary/aromatic N) is 2. The lowest BCUT2D eigenvalue weighted by Gasteiger charge is -2.08. The maximum absolute atomic E-state index is 4.41. The number of hydrogen-bond donors (Lipinski definition) is 2. The molecule has 1 aromatic heterocycles. The molecular weight excluding hydrogens is 212 g/mol. The fraction of sp³-hybridized carbons (Fsp3) is 0.692. The van der Waals surface area contributed by atoms with Gasteiger partial charge in [0.25, 0.3) is 0 Å². The van der Waals surface area contributed by atoms with Crippen LogP contribution >= 0.6 is 0 Å². The van der Waals surface area contributed by atoms with E-state index in [1.165, 1.54) is 19.3 Å². The average Bonchev–Trinajstić information content (AvgIpc) is 2.29. The van der Waals surface area contributed by atoms with Gasteiger partial charge < -0.3 is 10.6 Å². The fourth-order valence-corrected chi connectivity index (χ4v) is 1.61. The summed E-state index contributed by atoms with van der Waals surface area (Å²) in [5, 5.41) is 6.45. The normalized spacial score (nSPS) is 10.6. The van der Waals surface area contributed by atoms with E-state index in [4.69, 9.17) is 0 Å². The zero-order chi connectivity index (χ0) is 12.5. The van der Waals surface area contributed by atoms with Crippen molar-refractivity contribution in [2.24, 2.45) is 5.92 Å². The van der Waals surface area contributed by atoms with Crippen LogP contribution in [0.1, 0.15) is 40.0 Å². The van der Waals surface area contributed by atoms with Crippen LogP contribution in [0.3, 0.4) is 0 Å². The zero-order valence-corrected chi connectivity index (χ0v) is 11.2. The Hall–Kier alpha value is -1.32. The summed E-state index contributed by atoms with van der Waals surface area (Å²) in [6.07, 6.45) is 7.26. The average molecular weight is 236 g/mol. The molecular formula is C13H24N4. The Bertz CT molecular complexity index is 312. The molecule has 0 aliphatic rings. The smallest absolute Gasteiger partial charge is 0.146 e. The van der Waals surface area contributed by atoms with Gasteiger partial charge in [0.1, 0.15) is 11.6 Å². The first-order chi connectivity index (χ1) is 8.22. The van der Waals surface area contributed by atoms with Crippen molar-refractivity contribution in [3.63, 3.8) is 0 Å². The Morgan fingerprint density at radius 3 is 2.47 bits per heavy atom. The van der Waals surface area contributed by atoms with Crippen LogP contribution in [0.5, 0.6) is 0 Å². The topological polar surface area (TPSA) is 49.8 Å². The largest absolute Gasteiger partial charge is 0.369 e. The highest BCUT2D eigenvalue weighted by molar-refractivity contribution is 5.41. The number of hydrogen-bond acceptors (Lipinski definition) is 4. The second kappa shape index (κ2) is 7.87. The van der Waals surface area contributed by atoms with E-state index in [1.807, 2.05) is 6.92 Å². The number of unbranched alkanes of at least 4 members (excludes halogenated alkanes) is 1. The lowest BCUT2D eigenvalue weighted by Crippen LogP contribution is -2.06. The molecule has 96 valence electrons. The molecule has 1 aromatic rings. The Morgan fingerprint density at radius 1 is 1.12 bits per heavy atom. The van der Waals surface area contributed by atoms with Crippen LogP contribution in [0.25, 0.3) is 0 Å². The second-order valence-corrected chi connectivity index (χ2v) is 4.64. The van der Waals surface area contributed by atoms with E-state index < -0.39 is 0 Å². The van der Waals surface area contributed by atoms with Crippen molar-refractivity contribution >= 4 is 11.6 Å². The minimum Gasteiger partial charge on any atom is -0.369 e. The first-order valence-corrected chi connectivity index (χ1v) is 6.52. The van der Waals surface area contributed by atoms with Crippen LogP contribution in [0, 0.1) is 5.92 Å². The van der Waals surface area contributed by atoms with E-state index in [2.05, 4.69) is 34.4 Å². The first kappa shape index (κ1) is 13.7. The van der Waals surface area contributed by atoms with Crippen molar-refractivity contribution in [3.8, 4) is 0 Å². The van der Waals surface area contributed by atoms with Crippen LogP contribution < -0.4 is 10.6 Å². The van der Waals surface area contributed by atoms with Gasteiger partial charge in [-0.2, -0.15) is 0 Å². The molecule has 0 radical (unpaired) electrons. The Kier molecular flexibility index (Phi) is 6.37. The quantitative estimate of drug-likeness (QED) is 0.681. The van der Waals surface area contributed by atoms with Crippen molar-refractivity contribution in [3.05, 3.63) is 12.4 Å². The molecule has 0 bridgehead atoms. The molecule has 2 N–H and O–H groups in total. The Balaban J connectivity index is 2.24. The SMILES string of the molecule is CCNc1cncc(NCCCCC(C)C)n1. The van der Waals surface area contributed by atoms with Gasteiger partial charge in [-0.25, -0.2) is 4.98 Å². The van der Waals surface area contributed by atoms with Gasteiger partial charge in [0.15, 0.2) is 0 Å². The summed E-state index contributed by atoms with van der Waals surface area (Å²) in [5.41, 5.74) is 0. The van der Waals surface area contributed by atoms with E-state index in [0.717, 1.165) is 30.6 Å². The summed E-state index contributed by atoms with van der Waals surface area (Å²) in [6.45, 7) is 8.41. The number of rotatable bonds is 8. The van der Waals surface area contributed by atoms with Crippen molar-refractivity contribution < 1.29 is 0 Å². The number of anilines is 2. The maximum atomic E-state index is 4.41. The minimum absolute atomic E-state index is 0.798. The van der Waals surface area contributed by atoms with Gasteiger partial charge in [0.2, 0.25) is 0 Å². The van der Waals surface area contributed by atoms with Crippen molar-refractivity contribution in [1.29, 1.82) is 0 Å². The number of aromatic nitrogens is 2. The molecule has 0 amide bonds. The first-order valence-electron chi connectivity index (χ1n) is 6.52. The zero-order valence-electron chi connectivity index (χ0n) is 11.2. The molecule has 0 fully saturated rings. The summed E-state index contributed by atoms with van der Waals surface area (Å²) >= 11 is 0. The minimum atomic E-state index is 0.798. The number of nitrogens with one attached hydrogen (secondary N) is 2. The fourth-order valence-electron chi connectivity index (χ4n) is 1.61. The van der Waals surface area contributed by atoms with Gasteiger partial charge in [0.05, 0.1) is 12.4 Å². The molecule has 0 unspecified atom stereocenters. The Morgan fingerprint density at radius 2 is 1.82 bits per heavy atom. The van der Waals surface area contributed by atoms with E-state index in [0.29, 0.717) is 0 Å². The molecule has 17 heavy (non-hydrogen) atoms. The summed E-state index contributed by atoms with van der Waals surface area (Å²) < 4.78 is 0. The third-order valence-corrected chi connectivity index (χ3v) is 2.51. The van der Waals surface area contributed by atoms with Crippen molar-refractivity contribution in [2.75, 3.05) is 23.7 Å². The third kappa shape index (κ3) is 6.09. The molecule has 0 saturated heterocycles. The van der Waals surface area contributed by atoms with E-state index in [1.54, 1.807) is 12.4 Å². The predicted octanol–water partition coefficient (Wildman–Crippen LogP) is 3.15. The molecule has 0 aliphatic heterocycles. The molecule has 0 aromatic carbocycles. The van der Waals surface area contributed by atoms with Gasteiger partial charge in [-0.05, 0) is 19.3 Å². The van der Waals surface area contributed by atoms with Crippen molar-refractivity contribution in [1.82, 2.24) is 9.97 Å². The lowest BCUT2D eigenvalue weighted by molar-refractivity contribution is 0.544. The van der Waals surface area contributed by atoms with E-state index in [9.17, 15) is 0 Å². The molecule has 4 heteroatoms. The van der Waals surface area contributed by atoms with Gasteiger partial charge >= 0.3 is 0 Å². The molecule has 0 spiro atoms. The maximum Gasteiger partial charge on any atom is 0.146 e. The summed E-state index contributed by atoms with van der Waals surface area (Å²) in [6, 6.07) is 0. The molecule has 0 aliphatic carbocycles. The van der Waals surface area contributed by atoms with E-state index >= 15 is 0 Å². The predicted molar refractivity (Wildman–Crippen MR) is 73.4 cm³/mol. The second-order valence-electron chi connectivity index (χ2n) is 4.64. The summed E-state index contributed by atoms with van der Waals surface area (Å²) in [4.78, 5) is 8.55. The van der Waals surface area contributed by atoms with E-state index in [-0.39, 0.29) is 0 Å². The third-order valence-electron chi connectivity index (χ3n) is 2.51. The van der Waals surface area contributed by atoms with Gasteiger partial charge in [-0.3, -0.25) is 4.98 Å². The standard InChI is InChI=1S/C13H24N4/c1-4-15-12-9-14-10-13(17-12)16-8-6-5-7-11(2)3/h9-11H,4-8H2,1-3H3,(H2,15,16,17). The molecule has 4 nitrogen and oxygen atoms in total. The van der Waals surface area contributed by atoms with Crippen LogP contribution in [0.2, 0.25) is 0 Å². The molecule has 0 saturated carbocycles. The van der Waals surface area contributed by atoms with Crippen molar-refractivity contribution in [2.45, 2.75) is 40.0 Å². The van der Waals surface area contributed by atoms with Gasteiger partial charge in [0, 0.05) is 13.1 Å². The molecule has 0 atom stereocenters. The molecule has 1 heterocycles. The van der Waals surface area contributed by atoms with Crippen LogP contribution in [-0.2, 0) is 0 Å². The van der Waals surface area contributed by atoms with Crippen LogP contribution in [-0.4, -0.2) is 23.1 Å². The van der Waals surface area contributed by atoms with Crippen LogP contribution in [0.15, 0.2) is 12.4 Å². The highest BCUT2D eigenvalue weighted by atomic mass is 15.1. The lowest BCUT2D eigenvalue weighted by atomic mass is 10.1. The van der Waals surface area contributed by atoms with Crippen LogP contribution in [0.4, 0.5) is 11.6 Å². The Labute approximate surface area is 104 Å². The molecule has 1 rings (SSSR count). The summed E-state index contributed by atoms with van der Waals surface area (Å²) in [7, 11) is 0. The highest BCUT2D eigenvalue weighted by Gasteiger charge is 1.98. The monoisotopic (exact) mass is 236 g/mol.